The summed E-state index contributed by atoms with van der Waals surface area (Å²) in [6, 6.07) is 0. The molecular formula is C30H70N4O4. The molecule has 1 fully saturated rings. The zero-order valence-electron chi connectivity index (χ0n) is 27.7. The molecule has 4 N–H and O–H groups in total. The molecule has 0 saturated carbocycles. The maximum atomic E-state index is 11.7. The molecule has 1 atom stereocenters. The smallest absolute Gasteiger partial charge is 0.306 e. The van der Waals surface area contributed by atoms with E-state index in [0.717, 1.165) is 58.7 Å². The fraction of sp³-hybridized carbons (Fsp3) is 0.967. The van der Waals surface area contributed by atoms with Crippen LogP contribution in [-0.2, 0) is 14.3 Å². The Balaban J connectivity index is -0.000000230. The van der Waals surface area contributed by atoms with E-state index in [4.69, 9.17) is 14.6 Å². The van der Waals surface area contributed by atoms with E-state index in [0.29, 0.717) is 32.2 Å². The van der Waals surface area contributed by atoms with Crippen LogP contribution >= 0.6 is 0 Å². The Morgan fingerprint density at radius 3 is 1.89 bits per heavy atom. The number of carbonyl (C=O) groups excluding carboxylic acids is 1. The Hall–Kier alpha value is -0.770. The molecule has 1 unspecified atom stereocenters. The average Bonchev–Trinajstić information content (AvgIpc) is 2.91. The maximum absolute atomic E-state index is 11.7. The molecule has 234 valence electrons. The van der Waals surface area contributed by atoms with Crippen molar-refractivity contribution in [3.63, 3.8) is 0 Å². The van der Waals surface area contributed by atoms with Crippen molar-refractivity contribution in [3.05, 3.63) is 0 Å². The number of ether oxygens (including phenoxy) is 2. The van der Waals surface area contributed by atoms with Crippen LogP contribution < -0.4 is 16.0 Å². The Morgan fingerprint density at radius 1 is 1.03 bits per heavy atom. The van der Waals surface area contributed by atoms with Gasteiger partial charge in [-0.1, -0.05) is 54.9 Å². The van der Waals surface area contributed by atoms with Gasteiger partial charge in [0, 0.05) is 71.4 Å². The van der Waals surface area contributed by atoms with Crippen molar-refractivity contribution in [1.82, 2.24) is 20.9 Å². The van der Waals surface area contributed by atoms with Gasteiger partial charge in [0.2, 0.25) is 0 Å². The van der Waals surface area contributed by atoms with Gasteiger partial charge in [-0.25, -0.2) is 0 Å². The Labute approximate surface area is 238 Å². The first kappa shape index (κ1) is 44.3. The van der Waals surface area contributed by atoms with Gasteiger partial charge in [0.05, 0.1) is 6.61 Å². The Bertz CT molecular complexity index is 428. The van der Waals surface area contributed by atoms with E-state index < -0.39 is 5.60 Å². The highest BCUT2D eigenvalue weighted by Crippen LogP contribution is 2.22. The first-order chi connectivity index (χ1) is 18.0. The minimum atomic E-state index is -0.455. The fourth-order valence-electron chi connectivity index (χ4n) is 2.71. The van der Waals surface area contributed by atoms with E-state index in [1.807, 2.05) is 48.6 Å². The summed E-state index contributed by atoms with van der Waals surface area (Å²) in [5, 5.41) is 18.0. The molecule has 1 heterocycles. The van der Waals surface area contributed by atoms with Crippen LogP contribution in [0.1, 0.15) is 94.9 Å². The van der Waals surface area contributed by atoms with Crippen LogP contribution in [-0.4, -0.2) is 101 Å². The molecule has 1 aliphatic rings. The molecule has 1 aliphatic heterocycles. The lowest BCUT2D eigenvalue weighted by molar-refractivity contribution is -0.163. The van der Waals surface area contributed by atoms with Gasteiger partial charge in [-0.15, -0.1) is 0 Å². The number of rotatable bonds is 14. The third-order valence-corrected chi connectivity index (χ3v) is 5.46. The lowest BCUT2D eigenvalue weighted by Crippen LogP contribution is -2.39. The molecule has 0 aromatic carbocycles. The summed E-state index contributed by atoms with van der Waals surface area (Å²) in [5.74, 6) is 0.629. The lowest BCUT2D eigenvalue weighted by atomic mass is 9.93. The van der Waals surface area contributed by atoms with Crippen LogP contribution in [0.25, 0.3) is 0 Å². The van der Waals surface area contributed by atoms with Crippen LogP contribution in [0, 0.1) is 11.8 Å². The van der Waals surface area contributed by atoms with Gasteiger partial charge < -0.3 is 35.4 Å². The van der Waals surface area contributed by atoms with Crippen molar-refractivity contribution >= 4 is 5.97 Å². The van der Waals surface area contributed by atoms with E-state index in [1.165, 1.54) is 6.42 Å². The van der Waals surface area contributed by atoms with E-state index in [9.17, 15) is 4.79 Å². The number of hydrogen-bond acceptors (Lipinski definition) is 8. The molecule has 0 aliphatic carbocycles. The summed E-state index contributed by atoms with van der Waals surface area (Å²) >= 11 is 0. The molecule has 8 heteroatoms. The maximum Gasteiger partial charge on any atom is 0.306 e. The lowest BCUT2D eigenvalue weighted by Gasteiger charge is -2.31. The predicted octanol–water partition coefficient (Wildman–Crippen LogP) is 4.56. The number of likely N-dealkylation sites (N-methyl/N-ethyl adjacent to an activating group) is 2. The third kappa shape index (κ3) is 37.4. The molecule has 0 radical (unpaired) electrons. The molecule has 0 amide bonds. The number of esters is 1. The molecule has 0 aromatic heterocycles. The minimum Gasteiger partial charge on any atom is -0.459 e. The zero-order chi connectivity index (χ0) is 30.2. The van der Waals surface area contributed by atoms with Crippen molar-refractivity contribution in [2.24, 2.45) is 11.8 Å². The van der Waals surface area contributed by atoms with Crippen LogP contribution in [0.5, 0.6) is 0 Å². The monoisotopic (exact) mass is 551 g/mol. The molecule has 1 saturated heterocycles. The minimum absolute atomic E-state index is 0.105. The zero-order valence-corrected chi connectivity index (χ0v) is 27.7. The Morgan fingerprint density at radius 2 is 1.53 bits per heavy atom. The standard InChI is InChI=1S/C14H28O3.C7H18N2O.C4H10N2.C3H8.C2H6/c1-7-16-10-12(4)14(5,6)17-13(15)9-8-11(2)3;1-8-4-6-9(2)5-3-7-10;1-2-6-4-3-5-1;1-3-2;1-2/h11-12H,7-10H2,1-6H3;8,10H,3-7H2,1-2H3;5-6H,1-4H2;3H2,1-2H3;1-2H3. The largest absolute Gasteiger partial charge is 0.459 e. The predicted molar refractivity (Wildman–Crippen MR) is 166 cm³/mol. The third-order valence-electron chi connectivity index (χ3n) is 5.46. The first-order valence-corrected chi connectivity index (χ1v) is 15.2. The van der Waals surface area contributed by atoms with E-state index >= 15 is 0 Å². The van der Waals surface area contributed by atoms with Crippen molar-refractivity contribution in [1.29, 1.82) is 0 Å². The van der Waals surface area contributed by atoms with Gasteiger partial charge in [0.1, 0.15) is 5.60 Å². The molecule has 1 rings (SSSR count). The average molecular weight is 551 g/mol. The first-order valence-electron chi connectivity index (χ1n) is 15.2. The summed E-state index contributed by atoms with van der Waals surface area (Å²) in [5.41, 5.74) is -0.455. The van der Waals surface area contributed by atoms with E-state index in [2.05, 4.69) is 55.6 Å². The molecule has 0 spiro atoms. The number of nitrogens with one attached hydrogen (secondary N) is 3. The van der Waals surface area contributed by atoms with Crippen LogP contribution in [0.2, 0.25) is 0 Å². The fourth-order valence-corrected chi connectivity index (χ4v) is 2.71. The van der Waals surface area contributed by atoms with Crippen molar-refractivity contribution in [3.8, 4) is 0 Å². The SMILES string of the molecule is C1CNCCN1.CC.CCC.CCOCC(C)C(C)(C)OC(=O)CCC(C)C.CNCCN(C)CCCO. The summed E-state index contributed by atoms with van der Waals surface area (Å²) in [7, 11) is 4.01. The summed E-state index contributed by atoms with van der Waals surface area (Å²) in [4.78, 5) is 13.9. The number of carbonyl (C=O) groups is 1. The highest BCUT2D eigenvalue weighted by Gasteiger charge is 2.30. The second kappa shape index (κ2) is 34.3. The number of nitrogens with zero attached hydrogens (tertiary/aromatic N) is 1. The normalized spacial score (nSPS) is 13.4. The Kier molecular flexibility index (Phi) is 39.9. The van der Waals surface area contributed by atoms with Gasteiger partial charge in [-0.05, 0) is 53.6 Å². The van der Waals surface area contributed by atoms with E-state index in [-0.39, 0.29) is 11.9 Å². The van der Waals surface area contributed by atoms with Gasteiger partial charge in [-0.3, -0.25) is 4.79 Å². The van der Waals surface area contributed by atoms with Crippen LogP contribution in [0.4, 0.5) is 0 Å². The van der Waals surface area contributed by atoms with Gasteiger partial charge in [-0.2, -0.15) is 0 Å². The summed E-state index contributed by atoms with van der Waals surface area (Å²) in [6.45, 7) is 29.6. The summed E-state index contributed by atoms with van der Waals surface area (Å²) in [6.07, 6.45) is 3.51. The quantitative estimate of drug-likeness (QED) is 0.234. The summed E-state index contributed by atoms with van der Waals surface area (Å²) < 4.78 is 10.9. The number of piperazine rings is 1. The van der Waals surface area contributed by atoms with Crippen LogP contribution in [0.3, 0.4) is 0 Å². The van der Waals surface area contributed by atoms with Crippen molar-refractivity contribution in [2.45, 2.75) is 101 Å². The number of aliphatic hydroxyl groups is 1. The number of hydrogen-bond donors (Lipinski definition) is 4. The molecule has 0 bridgehead atoms. The van der Waals surface area contributed by atoms with Gasteiger partial charge >= 0.3 is 5.97 Å². The topological polar surface area (TPSA) is 95.1 Å². The molecule has 38 heavy (non-hydrogen) atoms. The van der Waals surface area contributed by atoms with Crippen molar-refractivity contribution < 1.29 is 19.4 Å². The molecule has 0 aromatic rings. The highest BCUT2D eigenvalue weighted by molar-refractivity contribution is 5.69. The van der Waals surface area contributed by atoms with Crippen molar-refractivity contribution in [2.75, 3.05) is 79.7 Å². The van der Waals surface area contributed by atoms with Gasteiger partial charge in [0.25, 0.3) is 0 Å². The van der Waals surface area contributed by atoms with Crippen LogP contribution in [0.15, 0.2) is 0 Å². The molecule has 8 nitrogen and oxygen atoms in total. The molecular weight excluding hydrogens is 480 g/mol. The van der Waals surface area contributed by atoms with E-state index in [1.54, 1.807) is 0 Å². The highest BCUT2D eigenvalue weighted by atomic mass is 16.6. The second-order valence-corrected chi connectivity index (χ2v) is 10.3. The number of aliphatic hydroxyl groups excluding tert-OH is 1. The second-order valence-electron chi connectivity index (χ2n) is 10.3. The van der Waals surface area contributed by atoms with Gasteiger partial charge in [0.15, 0.2) is 0 Å².